The van der Waals surface area contributed by atoms with E-state index in [0.29, 0.717) is 11.0 Å². The van der Waals surface area contributed by atoms with Gasteiger partial charge in [0.2, 0.25) is 0 Å². The summed E-state index contributed by atoms with van der Waals surface area (Å²) in [7, 11) is 3.97. The standard InChI is InChI=1S/C15H25BrN4O/c1-19(2)8-9-20-15(21)14(16)13(11-18-20)17-10-12-6-4-3-5-7-12/h11-12,17H,3-10H2,1-2H3. The number of rotatable bonds is 6. The molecule has 0 radical (unpaired) electrons. The van der Waals surface area contributed by atoms with Gasteiger partial charge in [-0.1, -0.05) is 19.3 Å². The number of anilines is 1. The molecule has 1 N–H and O–H groups in total. The van der Waals surface area contributed by atoms with Gasteiger partial charge in [-0.3, -0.25) is 4.79 Å². The van der Waals surface area contributed by atoms with E-state index in [1.54, 1.807) is 6.20 Å². The predicted molar refractivity (Wildman–Crippen MR) is 89.8 cm³/mol. The van der Waals surface area contributed by atoms with E-state index >= 15 is 0 Å². The molecule has 1 aromatic rings. The Labute approximate surface area is 134 Å². The van der Waals surface area contributed by atoms with E-state index in [4.69, 9.17) is 0 Å². The lowest BCUT2D eigenvalue weighted by molar-refractivity contribution is 0.366. The Morgan fingerprint density at radius 3 is 2.76 bits per heavy atom. The molecule has 1 heterocycles. The van der Waals surface area contributed by atoms with Crippen molar-refractivity contribution in [3.63, 3.8) is 0 Å². The zero-order valence-electron chi connectivity index (χ0n) is 12.9. The summed E-state index contributed by atoms with van der Waals surface area (Å²) >= 11 is 3.41. The summed E-state index contributed by atoms with van der Waals surface area (Å²) in [4.78, 5) is 14.3. The lowest BCUT2D eigenvalue weighted by Gasteiger charge is -2.22. The van der Waals surface area contributed by atoms with Crippen molar-refractivity contribution < 1.29 is 0 Å². The summed E-state index contributed by atoms with van der Waals surface area (Å²) in [5.74, 6) is 0.724. The van der Waals surface area contributed by atoms with Crippen LogP contribution in [-0.2, 0) is 6.54 Å². The normalized spacial score (nSPS) is 16.4. The minimum absolute atomic E-state index is 0.0644. The topological polar surface area (TPSA) is 50.2 Å². The van der Waals surface area contributed by atoms with Crippen molar-refractivity contribution in [1.29, 1.82) is 0 Å². The second-order valence-corrected chi connectivity index (χ2v) is 6.88. The van der Waals surface area contributed by atoms with Gasteiger partial charge in [-0.15, -0.1) is 0 Å². The summed E-state index contributed by atoms with van der Waals surface area (Å²) < 4.78 is 2.10. The number of aromatic nitrogens is 2. The van der Waals surface area contributed by atoms with Gasteiger partial charge in [0.1, 0.15) is 4.47 Å². The molecular formula is C15H25BrN4O. The Morgan fingerprint density at radius 1 is 1.38 bits per heavy atom. The van der Waals surface area contributed by atoms with Gasteiger partial charge in [-0.05, 0) is 48.8 Å². The summed E-state index contributed by atoms with van der Waals surface area (Å²) in [6.07, 6.45) is 8.36. The first-order chi connectivity index (χ1) is 10.1. The van der Waals surface area contributed by atoms with Crippen molar-refractivity contribution in [3.05, 3.63) is 21.0 Å². The van der Waals surface area contributed by atoms with Crippen LogP contribution in [0.3, 0.4) is 0 Å². The Balaban J connectivity index is 1.97. The summed E-state index contributed by atoms with van der Waals surface area (Å²) in [6.45, 7) is 2.34. The smallest absolute Gasteiger partial charge is 0.283 e. The van der Waals surface area contributed by atoms with Crippen molar-refractivity contribution in [2.45, 2.75) is 38.6 Å². The second kappa shape index (κ2) is 7.94. The van der Waals surface area contributed by atoms with Gasteiger partial charge in [0.25, 0.3) is 5.56 Å². The van der Waals surface area contributed by atoms with E-state index in [9.17, 15) is 4.79 Å². The molecule has 2 rings (SSSR count). The molecule has 0 aliphatic heterocycles. The molecule has 118 valence electrons. The number of likely N-dealkylation sites (N-methyl/N-ethyl adjacent to an activating group) is 1. The van der Waals surface area contributed by atoms with E-state index in [1.807, 2.05) is 19.0 Å². The maximum atomic E-state index is 12.2. The number of nitrogens with one attached hydrogen (secondary N) is 1. The summed E-state index contributed by atoms with van der Waals surface area (Å²) in [5, 5.41) is 7.64. The van der Waals surface area contributed by atoms with Crippen molar-refractivity contribution in [3.8, 4) is 0 Å². The molecule has 6 heteroatoms. The predicted octanol–water partition coefficient (Wildman–Crippen LogP) is 2.56. The van der Waals surface area contributed by atoms with Crippen LogP contribution in [0, 0.1) is 5.92 Å². The molecule has 1 fully saturated rings. The number of halogens is 1. The van der Waals surface area contributed by atoms with Crippen LogP contribution >= 0.6 is 15.9 Å². The lowest BCUT2D eigenvalue weighted by Crippen LogP contribution is -2.29. The van der Waals surface area contributed by atoms with Crippen LogP contribution in [0.15, 0.2) is 15.5 Å². The molecule has 0 spiro atoms. The fourth-order valence-corrected chi connectivity index (χ4v) is 3.14. The highest BCUT2D eigenvalue weighted by Crippen LogP contribution is 2.25. The van der Waals surface area contributed by atoms with Gasteiger partial charge in [-0.25, -0.2) is 4.68 Å². The Morgan fingerprint density at radius 2 is 2.10 bits per heavy atom. The van der Waals surface area contributed by atoms with Crippen molar-refractivity contribution >= 4 is 21.6 Å². The van der Waals surface area contributed by atoms with Gasteiger partial charge in [0.05, 0.1) is 18.4 Å². The highest BCUT2D eigenvalue weighted by molar-refractivity contribution is 9.10. The fraction of sp³-hybridized carbons (Fsp3) is 0.733. The number of hydrogen-bond donors (Lipinski definition) is 1. The molecule has 0 bridgehead atoms. The van der Waals surface area contributed by atoms with Crippen LogP contribution in [0.25, 0.3) is 0 Å². The van der Waals surface area contributed by atoms with Crippen LogP contribution in [0.5, 0.6) is 0 Å². The Bertz CT molecular complexity index is 509. The summed E-state index contributed by atoms with van der Waals surface area (Å²) in [6, 6.07) is 0. The molecule has 1 saturated carbocycles. The molecule has 0 unspecified atom stereocenters. The Hall–Kier alpha value is -0.880. The molecule has 0 aromatic carbocycles. The highest BCUT2D eigenvalue weighted by atomic mass is 79.9. The van der Waals surface area contributed by atoms with E-state index in [1.165, 1.54) is 36.8 Å². The zero-order chi connectivity index (χ0) is 15.2. The first-order valence-electron chi connectivity index (χ1n) is 7.72. The maximum Gasteiger partial charge on any atom is 0.283 e. The van der Waals surface area contributed by atoms with Crippen molar-refractivity contribution in [2.24, 2.45) is 5.92 Å². The van der Waals surface area contributed by atoms with Gasteiger partial charge in [0.15, 0.2) is 0 Å². The SMILES string of the molecule is CN(C)CCn1ncc(NCC2CCCCC2)c(Br)c1=O. The third-order valence-electron chi connectivity index (χ3n) is 4.05. The van der Waals surface area contributed by atoms with E-state index in [0.717, 1.165) is 24.7 Å². The molecule has 21 heavy (non-hydrogen) atoms. The fourth-order valence-electron chi connectivity index (χ4n) is 2.69. The van der Waals surface area contributed by atoms with E-state index in [-0.39, 0.29) is 5.56 Å². The lowest BCUT2D eigenvalue weighted by atomic mass is 9.89. The Kier molecular flexibility index (Phi) is 6.23. The largest absolute Gasteiger partial charge is 0.382 e. The van der Waals surface area contributed by atoms with Gasteiger partial charge in [0, 0.05) is 13.1 Å². The van der Waals surface area contributed by atoms with Crippen LogP contribution in [0.1, 0.15) is 32.1 Å². The molecule has 0 saturated heterocycles. The molecule has 0 amide bonds. The van der Waals surface area contributed by atoms with Crippen LogP contribution in [-0.4, -0.2) is 41.9 Å². The highest BCUT2D eigenvalue weighted by Gasteiger charge is 2.15. The van der Waals surface area contributed by atoms with Crippen LogP contribution in [0.4, 0.5) is 5.69 Å². The van der Waals surface area contributed by atoms with E-state index < -0.39 is 0 Å². The molecule has 1 aliphatic rings. The first-order valence-corrected chi connectivity index (χ1v) is 8.51. The van der Waals surface area contributed by atoms with Crippen LogP contribution in [0.2, 0.25) is 0 Å². The van der Waals surface area contributed by atoms with E-state index in [2.05, 4.69) is 26.3 Å². The molecule has 5 nitrogen and oxygen atoms in total. The monoisotopic (exact) mass is 356 g/mol. The first kappa shape index (κ1) is 16.5. The molecule has 1 aliphatic carbocycles. The van der Waals surface area contributed by atoms with Crippen molar-refractivity contribution in [2.75, 3.05) is 32.5 Å². The molecule has 1 aromatic heterocycles. The van der Waals surface area contributed by atoms with Gasteiger partial charge >= 0.3 is 0 Å². The third kappa shape index (κ3) is 4.81. The van der Waals surface area contributed by atoms with Crippen molar-refractivity contribution in [1.82, 2.24) is 14.7 Å². The number of hydrogen-bond acceptors (Lipinski definition) is 4. The van der Waals surface area contributed by atoms with Gasteiger partial charge < -0.3 is 10.2 Å². The van der Waals surface area contributed by atoms with Gasteiger partial charge in [-0.2, -0.15) is 5.10 Å². The maximum absolute atomic E-state index is 12.2. The number of nitrogens with zero attached hydrogens (tertiary/aromatic N) is 3. The third-order valence-corrected chi connectivity index (χ3v) is 4.82. The quantitative estimate of drug-likeness (QED) is 0.850. The molecule has 0 atom stereocenters. The second-order valence-electron chi connectivity index (χ2n) is 6.09. The average Bonchev–Trinajstić information content (AvgIpc) is 2.48. The average molecular weight is 357 g/mol. The summed E-state index contributed by atoms with van der Waals surface area (Å²) in [5.41, 5.74) is 0.747. The zero-order valence-corrected chi connectivity index (χ0v) is 14.5. The minimum Gasteiger partial charge on any atom is -0.382 e. The minimum atomic E-state index is -0.0644. The molecular weight excluding hydrogens is 332 g/mol. The van der Waals surface area contributed by atoms with Crippen LogP contribution < -0.4 is 10.9 Å².